The predicted molar refractivity (Wildman–Crippen MR) is 323 cm³/mol. The number of hydrogen-bond acceptors (Lipinski definition) is 5. The first-order chi connectivity index (χ1) is 36.0. The minimum absolute atomic E-state index is 0.0610. The standard InChI is InChI=1S/C65H119N2O6P/c1-6-8-10-12-14-16-18-19-20-21-22-23-24-25-26-27-28-29-30-31-32-33-34-35-36-37-38-39-40-41-42-43-44-45-46-47-49-51-53-55-57-59-65(69)66-63(62-73-74(70,71)72-61-60-67(3,4)5)64(68)58-56-54-52-50-48-17-15-13-11-9-7-2/h8,10,14,16,19-20,22-23,25-26,28-29,56,58,63-64,68H,6-7,9,11-13,15,17-18,21,24,27,30-55,57,59-62H2,1-5H3,(H-,66,69,70,71)/p+1/b10-8-,16-14-,20-19-,23-22-,26-25-,29-28-,58-56+. The number of allylic oxidation sites excluding steroid dienone is 13. The summed E-state index contributed by atoms with van der Waals surface area (Å²) in [4.78, 5) is 23.2. The SMILES string of the molecule is CC/C=C\C/C=C\C/C=C\C/C=C\C/C=C\C/C=C\CCCCCCCCCCCCCCCCCCCCCCCCC(=O)NC(COP(=O)(O)OCC[N+](C)(C)C)C(O)/C=C/CCCCCCCCCCC. The number of phosphoric ester groups is 1. The maximum atomic E-state index is 12.9. The topological polar surface area (TPSA) is 105 Å². The van der Waals surface area contributed by atoms with E-state index in [9.17, 15) is 19.4 Å². The first-order valence-electron chi connectivity index (χ1n) is 31.0. The van der Waals surface area contributed by atoms with Gasteiger partial charge >= 0.3 is 7.82 Å². The number of carbonyl (C=O) groups is 1. The lowest BCUT2D eigenvalue weighted by molar-refractivity contribution is -0.870. The average Bonchev–Trinajstić information content (AvgIpc) is 3.36. The van der Waals surface area contributed by atoms with E-state index in [2.05, 4.69) is 92.1 Å². The second-order valence-corrected chi connectivity index (χ2v) is 23.5. The molecule has 0 fully saturated rings. The molecular weight excluding hydrogens is 936 g/mol. The largest absolute Gasteiger partial charge is 0.472 e. The molecule has 3 atom stereocenters. The summed E-state index contributed by atoms with van der Waals surface area (Å²) in [6, 6.07) is -0.846. The second kappa shape index (κ2) is 55.4. The van der Waals surface area contributed by atoms with Gasteiger partial charge in [0, 0.05) is 6.42 Å². The number of aliphatic hydroxyl groups is 1. The van der Waals surface area contributed by atoms with Gasteiger partial charge in [-0.15, -0.1) is 0 Å². The number of phosphoric acid groups is 1. The van der Waals surface area contributed by atoms with Crippen molar-refractivity contribution in [1.82, 2.24) is 5.32 Å². The highest BCUT2D eigenvalue weighted by Gasteiger charge is 2.27. The monoisotopic (exact) mass is 1060 g/mol. The number of unbranched alkanes of at least 4 members (excludes halogenated alkanes) is 31. The van der Waals surface area contributed by atoms with Crippen LogP contribution in [-0.4, -0.2) is 73.4 Å². The van der Waals surface area contributed by atoms with Gasteiger partial charge in [0.25, 0.3) is 0 Å². The molecule has 0 radical (unpaired) electrons. The van der Waals surface area contributed by atoms with Crippen LogP contribution >= 0.6 is 7.82 Å². The summed E-state index contributed by atoms with van der Waals surface area (Å²) in [5.74, 6) is -0.176. The summed E-state index contributed by atoms with van der Waals surface area (Å²) in [5, 5.41) is 13.9. The van der Waals surface area contributed by atoms with E-state index in [1.165, 1.54) is 173 Å². The molecule has 0 aromatic carbocycles. The number of amides is 1. The Morgan fingerprint density at radius 3 is 1.19 bits per heavy atom. The van der Waals surface area contributed by atoms with Crippen LogP contribution in [0, 0.1) is 0 Å². The zero-order chi connectivity index (χ0) is 54.2. The van der Waals surface area contributed by atoms with Gasteiger partial charge < -0.3 is 19.8 Å². The molecule has 0 saturated carbocycles. The van der Waals surface area contributed by atoms with Crippen molar-refractivity contribution in [3.8, 4) is 0 Å². The molecule has 0 spiro atoms. The number of hydrogen-bond donors (Lipinski definition) is 3. The molecule has 0 aliphatic carbocycles. The summed E-state index contributed by atoms with van der Waals surface area (Å²) in [6.45, 7) is 4.69. The molecular formula is C65H120N2O6P+. The fourth-order valence-electron chi connectivity index (χ4n) is 8.81. The number of carbonyl (C=O) groups excluding carboxylic acids is 1. The summed E-state index contributed by atoms with van der Waals surface area (Å²) >= 11 is 0. The quantitative estimate of drug-likeness (QED) is 0.0243. The van der Waals surface area contributed by atoms with E-state index in [0.29, 0.717) is 17.4 Å². The van der Waals surface area contributed by atoms with Gasteiger partial charge in [-0.05, 0) is 70.6 Å². The number of quaternary nitrogens is 1. The van der Waals surface area contributed by atoms with E-state index in [1.54, 1.807) is 6.08 Å². The highest BCUT2D eigenvalue weighted by atomic mass is 31.2. The maximum Gasteiger partial charge on any atom is 0.472 e. The van der Waals surface area contributed by atoms with Gasteiger partial charge in [0.05, 0.1) is 39.9 Å². The third-order valence-corrected chi connectivity index (χ3v) is 14.6. The first kappa shape index (κ1) is 71.7. The van der Waals surface area contributed by atoms with E-state index in [0.717, 1.165) is 77.0 Å². The fourth-order valence-corrected chi connectivity index (χ4v) is 9.55. The third-order valence-electron chi connectivity index (χ3n) is 13.6. The lowest BCUT2D eigenvalue weighted by atomic mass is 10.0. The smallest absolute Gasteiger partial charge is 0.387 e. The summed E-state index contributed by atoms with van der Waals surface area (Å²) in [7, 11) is 1.57. The van der Waals surface area contributed by atoms with Crippen LogP contribution in [0.3, 0.4) is 0 Å². The van der Waals surface area contributed by atoms with Gasteiger partial charge in [-0.25, -0.2) is 4.57 Å². The molecule has 0 aliphatic heterocycles. The Balaban J connectivity index is 3.86. The molecule has 0 saturated heterocycles. The molecule has 0 bridgehead atoms. The van der Waals surface area contributed by atoms with E-state index in [1.807, 2.05) is 27.2 Å². The highest BCUT2D eigenvalue weighted by molar-refractivity contribution is 7.47. The molecule has 0 aliphatic rings. The van der Waals surface area contributed by atoms with Crippen LogP contribution in [0.5, 0.6) is 0 Å². The van der Waals surface area contributed by atoms with E-state index in [4.69, 9.17) is 9.05 Å². The Morgan fingerprint density at radius 2 is 0.811 bits per heavy atom. The molecule has 0 aromatic rings. The molecule has 3 unspecified atom stereocenters. The van der Waals surface area contributed by atoms with Crippen molar-refractivity contribution in [2.75, 3.05) is 40.9 Å². The van der Waals surface area contributed by atoms with E-state index >= 15 is 0 Å². The Bertz CT molecular complexity index is 1480. The molecule has 74 heavy (non-hydrogen) atoms. The van der Waals surface area contributed by atoms with Crippen molar-refractivity contribution in [3.05, 3.63) is 85.1 Å². The van der Waals surface area contributed by atoms with Gasteiger partial charge in [0.1, 0.15) is 13.2 Å². The van der Waals surface area contributed by atoms with Crippen LogP contribution in [0.25, 0.3) is 0 Å². The van der Waals surface area contributed by atoms with Gasteiger partial charge in [-0.3, -0.25) is 13.8 Å². The minimum Gasteiger partial charge on any atom is -0.387 e. The predicted octanol–water partition coefficient (Wildman–Crippen LogP) is 19.2. The summed E-state index contributed by atoms with van der Waals surface area (Å²) in [6.07, 6.45) is 78.6. The minimum atomic E-state index is -4.34. The van der Waals surface area contributed by atoms with Crippen molar-refractivity contribution in [2.45, 2.75) is 283 Å². The van der Waals surface area contributed by atoms with Crippen LogP contribution in [0.2, 0.25) is 0 Å². The van der Waals surface area contributed by atoms with E-state index in [-0.39, 0.29) is 19.1 Å². The van der Waals surface area contributed by atoms with Crippen molar-refractivity contribution in [2.24, 2.45) is 0 Å². The average molecular weight is 1060 g/mol. The molecule has 0 aromatic heterocycles. The third kappa shape index (κ3) is 57.4. The summed E-state index contributed by atoms with van der Waals surface area (Å²) < 4.78 is 23.6. The van der Waals surface area contributed by atoms with Crippen molar-refractivity contribution in [3.63, 3.8) is 0 Å². The number of nitrogens with one attached hydrogen (secondary N) is 1. The van der Waals surface area contributed by atoms with Crippen LogP contribution < -0.4 is 5.32 Å². The van der Waals surface area contributed by atoms with E-state index < -0.39 is 20.0 Å². The van der Waals surface area contributed by atoms with Crippen LogP contribution in [0.15, 0.2) is 85.1 Å². The molecule has 430 valence electrons. The normalized spacial score (nSPS) is 14.4. The van der Waals surface area contributed by atoms with Crippen molar-refractivity contribution >= 4 is 13.7 Å². The zero-order valence-electron chi connectivity index (χ0n) is 49.1. The molecule has 0 rings (SSSR count). The Morgan fingerprint density at radius 1 is 0.473 bits per heavy atom. The molecule has 1 amide bonds. The van der Waals surface area contributed by atoms with Crippen LogP contribution in [-0.2, 0) is 18.4 Å². The number of aliphatic hydroxyl groups excluding tert-OH is 1. The zero-order valence-corrected chi connectivity index (χ0v) is 50.0. The summed E-state index contributed by atoms with van der Waals surface area (Å²) in [5.41, 5.74) is 0. The fraction of sp³-hybridized carbons (Fsp3) is 0.769. The number of rotatable bonds is 56. The Labute approximate surface area is 458 Å². The van der Waals surface area contributed by atoms with Crippen LogP contribution in [0.1, 0.15) is 271 Å². The van der Waals surface area contributed by atoms with Crippen molar-refractivity contribution in [1.29, 1.82) is 0 Å². The highest BCUT2D eigenvalue weighted by Crippen LogP contribution is 2.43. The van der Waals surface area contributed by atoms with Gasteiger partial charge in [0.15, 0.2) is 0 Å². The van der Waals surface area contributed by atoms with Crippen LogP contribution in [0.4, 0.5) is 0 Å². The Hall–Kier alpha value is -2.32. The van der Waals surface area contributed by atoms with Gasteiger partial charge in [0.2, 0.25) is 5.91 Å². The maximum absolute atomic E-state index is 12.9. The Kier molecular flexibility index (Phi) is 53.7. The molecule has 9 heteroatoms. The first-order valence-corrected chi connectivity index (χ1v) is 32.5. The number of likely N-dealkylation sites (N-methyl/N-ethyl adjacent to an activating group) is 1. The number of nitrogens with zero attached hydrogens (tertiary/aromatic N) is 1. The second-order valence-electron chi connectivity index (χ2n) is 22.1. The van der Waals surface area contributed by atoms with Gasteiger partial charge in [-0.2, -0.15) is 0 Å². The van der Waals surface area contributed by atoms with Crippen molar-refractivity contribution < 1.29 is 32.9 Å². The van der Waals surface area contributed by atoms with Gasteiger partial charge in [-0.1, -0.05) is 279 Å². The molecule has 3 N–H and O–H groups in total. The lowest BCUT2D eigenvalue weighted by Gasteiger charge is -2.25. The molecule has 8 nitrogen and oxygen atoms in total. The molecule has 0 heterocycles. The lowest BCUT2D eigenvalue weighted by Crippen LogP contribution is -2.45.